The van der Waals surface area contributed by atoms with Crippen LogP contribution in [0.3, 0.4) is 0 Å². The maximum absolute atomic E-state index is 6.07. The zero-order valence-electron chi connectivity index (χ0n) is 14.9. The first-order valence-corrected chi connectivity index (χ1v) is 8.44. The molecule has 0 bridgehead atoms. The van der Waals surface area contributed by atoms with Gasteiger partial charge in [-0.2, -0.15) is 0 Å². The predicted molar refractivity (Wildman–Crippen MR) is 107 cm³/mol. The molecule has 0 amide bonds. The van der Waals surface area contributed by atoms with Crippen LogP contribution in [0, 0.1) is 0 Å². The number of pyridine rings is 2. The van der Waals surface area contributed by atoms with Crippen LogP contribution in [-0.4, -0.2) is 26.6 Å². The van der Waals surface area contributed by atoms with Gasteiger partial charge in [0.15, 0.2) is 0 Å². The zero-order valence-corrected chi connectivity index (χ0v) is 14.9. The average Bonchev–Trinajstić information content (AvgIpc) is 3.09. The Hall–Kier alpha value is -3.35. The van der Waals surface area contributed by atoms with Crippen LogP contribution in [-0.2, 0) is 6.54 Å². The van der Waals surface area contributed by atoms with Crippen molar-refractivity contribution in [3.05, 3.63) is 60.3 Å². The van der Waals surface area contributed by atoms with E-state index in [1.54, 1.807) is 12.4 Å². The summed E-state index contributed by atoms with van der Waals surface area (Å²) in [7, 11) is 0. The number of nitrogen functional groups attached to an aromatic ring is 1. The Balaban J connectivity index is 1.78. The summed E-state index contributed by atoms with van der Waals surface area (Å²) in [5, 5.41) is 3.29. The normalized spacial score (nSPS) is 12.3. The fraction of sp³-hybridized carbons (Fsp3) is 0.211. The summed E-state index contributed by atoms with van der Waals surface area (Å²) in [5.41, 5.74) is 15.9. The standard InChI is InChI=1S/C19H23N7/c1-13(2)23-11-15(9-20)17-5-4-16(21)19(25-17)24-10-14-3-6-18-22-7-8-26(18)12-14/h3-9,11-13H,10,20-21H2,1-2H3,(H,24,25). The number of aliphatic imine (C=N–C) groups is 1. The number of aromatic nitrogens is 3. The van der Waals surface area contributed by atoms with Crippen LogP contribution in [0.25, 0.3) is 11.2 Å². The van der Waals surface area contributed by atoms with Gasteiger partial charge in [-0.1, -0.05) is 6.07 Å². The molecule has 3 rings (SSSR count). The van der Waals surface area contributed by atoms with E-state index in [1.165, 1.54) is 6.20 Å². The molecule has 3 aromatic rings. The maximum Gasteiger partial charge on any atom is 0.150 e. The fourth-order valence-corrected chi connectivity index (χ4v) is 2.45. The molecular formula is C19H23N7. The largest absolute Gasteiger partial charge is 0.404 e. The molecule has 0 spiro atoms. The minimum absolute atomic E-state index is 0.189. The second-order valence-corrected chi connectivity index (χ2v) is 6.21. The summed E-state index contributed by atoms with van der Waals surface area (Å²) in [6.07, 6.45) is 8.95. The lowest BCUT2D eigenvalue weighted by Crippen LogP contribution is -2.07. The maximum atomic E-state index is 6.07. The van der Waals surface area contributed by atoms with Crippen LogP contribution in [0.1, 0.15) is 25.1 Å². The average molecular weight is 349 g/mol. The number of hydrogen-bond acceptors (Lipinski definition) is 6. The van der Waals surface area contributed by atoms with Gasteiger partial charge in [0.05, 0.1) is 11.4 Å². The molecule has 0 aliphatic heterocycles. The topological polar surface area (TPSA) is 107 Å². The quantitative estimate of drug-likeness (QED) is 0.593. The molecule has 134 valence electrons. The Morgan fingerprint density at radius 2 is 2.15 bits per heavy atom. The van der Waals surface area contributed by atoms with E-state index in [9.17, 15) is 0 Å². The number of rotatable bonds is 6. The minimum Gasteiger partial charge on any atom is -0.404 e. The number of nitrogens with zero attached hydrogens (tertiary/aromatic N) is 4. The third-order valence-electron chi connectivity index (χ3n) is 3.82. The third kappa shape index (κ3) is 4.00. The summed E-state index contributed by atoms with van der Waals surface area (Å²) < 4.78 is 1.97. The van der Waals surface area contributed by atoms with Crippen LogP contribution in [0.5, 0.6) is 0 Å². The van der Waals surface area contributed by atoms with E-state index in [-0.39, 0.29) is 6.04 Å². The van der Waals surface area contributed by atoms with Gasteiger partial charge in [-0.05, 0) is 37.6 Å². The molecule has 0 fully saturated rings. The molecule has 7 nitrogen and oxygen atoms in total. The van der Waals surface area contributed by atoms with Crippen molar-refractivity contribution in [3.63, 3.8) is 0 Å². The van der Waals surface area contributed by atoms with Gasteiger partial charge in [-0.25, -0.2) is 9.97 Å². The molecule has 26 heavy (non-hydrogen) atoms. The lowest BCUT2D eigenvalue weighted by Gasteiger charge is -2.11. The molecule has 5 N–H and O–H groups in total. The van der Waals surface area contributed by atoms with Crippen LogP contribution >= 0.6 is 0 Å². The fourth-order valence-electron chi connectivity index (χ4n) is 2.45. The predicted octanol–water partition coefficient (Wildman–Crippen LogP) is 2.70. The number of imidazole rings is 1. The highest BCUT2D eigenvalue weighted by atomic mass is 15.0. The Morgan fingerprint density at radius 3 is 2.92 bits per heavy atom. The number of allylic oxidation sites excluding steroid dienone is 1. The molecule has 0 saturated carbocycles. The number of anilines is 2. The van der Waals surface area contributed by atoms with Gasteiger partial charge in [0, 0.05) is 49.2 Å². The van der Waals surface area contributed by atoms with Crippen molar-refractivity contribution in [3.8, 4) is 0 Å². The summed E-state index contributed by atoms with van der Waals surface area (Å²) in [4.78, 5) is 13.2. The Labute approximate surface area is 152 Å². The van der Waals surface area contributed by atoms with Gasteiger partial charge in [0.1, 0.15) is 11.5 Å². The summed E-state index contributed by atoms with van der Waals surface area (Å²) in [6, 6.07) is 7.84. The van der Waals surface area contributed by atoms with E-state index < -0.39 is 0 Å². The highest BCUT2D eigenvalue weighted by Crippen LogP contribution is 2.20. The number of nitrogens with two attached hydrogens (primary N) is 2. The molecule has 0 saturated heterocycles. The highest BCUT2D eigenvalue weighted by Gasteiger charge is 2.07. The SMILES string of the molecule is CC(C)N=CC(=CN)c1ccc(N)c(NCc2ccc3nccn3c2)n1. The molecule has 3 heterocycles. The lowest BCUT2D eigenvalue weighted by atomic mass is 10.2. The molecule has 0 radical (unpaired) electrons. The van der Waals surface area contributed by atoms with Crippen molar-refractivity contribution in [2.75, 3.05) is 11.1 Å². The van der Waals surface area contributed by atoms with Crippen molar-refractivity contribution >= 4 is 28.9 Å². The van der Waals surface area contributed by atoms with E-state index in [1.807, 2.05) is 54.9 Å². The first-order chi connectivity index (χ1) is 12.6. The molecule has 0 aromatic carbocycles. The van der Waals surface area contributed by atoms with Crippen LogP contribution in [0.4, 0.5) is 11.5 Å². The molecule has 3 aromatic heterocycles. The van der Waals surface area contributed by atoms with E-state index in [2.05, 4.69) is 20.3 Å². The third-order valence-corrected chi connectivity index (χ3v) is 3.82. The zero-order chi connectivity index (χ0) is 18.5. The Morgan fingerprint density at radius 1 is 1.31 bits per heavy atom. The summed E-state index contributed by atoms with van der Waals surface area (Å²) in [6.45, 7) is 4.60. The molecule has 0 unspecified atom stereocenters. The Kier molecular flexibility index (Phi) is 5.17. The van der Waals surface area contributed by atoms with Gasteiger partial charge in [-0.15, -0.1) is 0 Å². The smallest absolute Gasteiger partial charge is 0.150 e. The van der Waals surface area contributed by atoms with E-state index >= 15 is 0 Å². The molecule has 0 aliphatic rings. The van der Waals surface area contributed by atoms with Gasteiger partial charge in [0.25, 0.3) is 0 Å². The van der Waals surface area contributed by atoms with Crippen LogP contribution in [0.15, 0.2) is 54.0 Å². The van der Waals surface area contributed by atoms with Crippen LogP contribution in [0.2, 0.25) is 0 Å². The number of fused-ring (bicyclic) bond motifs is 1. The van der Waals surface area contributed by atoms with Gasteiger partial charge < -0.3 is 21.2 Å². The summed E-state index contributed by atoms with van der Waals surface area (Å²) >= 11 is 0. The first-order valence-electron chi connectivity index (χ1n) is 8.44. The van der Waals surface area contributed by atoms with E-state index in [4.69, 9.17) is 11.5 Å². The van der Waals surface area contributed by atoms with E-state index in [0.717, 1.165) is 22.5 Å². The van der Waals surface area contributed by atoms with Crippen molar-refractivity contribution < 1.29 is 0 Å². The van der Waals surface area contributed by atoms with Crippen molar-refractivity contribution in [1.82, 2.24) is 14.4 Å². The lowest BCUT2D eigenvalue weighted by molar-refractivity contribution is 0.842. The Bertz CT molecular complexity index is 953. The van der Waals surface area contributed by atoms with Crippen molar-refractivity contribution in [2.24, 2.45) is 10.7 Å². The second kappa shape index (κ2) is 7.69. The molecular weight excluding hydrogens is 326 g/mol. The molecule has 7 heteroatoms. The molecule has 0 atom stereocenters. The van der Waals surface area contributed by atoms with Crippen molar-refractivity contribution in [1.29, 1.82) is 0 Å². The van der Waals surface area contributed by atoms with E-state index in [0.29, 0.717) is 18.1 Å². The molecule has 0 aliphatic carbocycles. The summed E-state index contributed by atoms with van der Waals surface area (Å²) in [5.74, 6) is 0.616. The van der Waals surface area contributed by atoms with Gasteiger partial charge >= 0.3 is 0 Å². The van der Waals surface area contributed by atoms with Gasteiger partial charge in [0.2, 0.25) is 0 Å². The second-order valence-electron chi connectivity index (χ2n) is 6.21. The minimum atomic E-state index is 0.189. The highest BCUT2D eigenvalue weighted by molar-refractivity contribution is 6.09. The van der Waals surface area contributed by atoms with Crippen LogP contribution < -0.4 is 16.8 Å². The van der Waals surface area contributed by atoms with Crippen molar-refractivity contribution in [2.45, 2.75) is 26.4 Å². The van der Waals surface area contributed by atoms with Gasteiger partial charge in [-0.3, -0.25) is 4.99 Å². The number of nitrogens with one attached hydrogen (secondary N) is 1. The first kappa shape index (κ1) is 17.5. The number of hydrogen-bond donors (Lipinski definition) is 3. The monoisotopic (exact) mass is 349 g/mol.